The van der Waals surface area contributed by atoms with E-state index in [-0.39, 0.29) is 5.56 Å². The lowest BCUT2D eigenvalue weighted by Gasteiger charge is -2.26. The van der Waals surface area contributed by atoms with Crippen LogP contribution in [0.3, 0.4) is 0 Å². The van der Waals surface area contributed by atoms with Crippen molar-refractivity contribution in [2.45, 2.75) is 23.9 Å². The molecule has 170 valence electrons. The largest absolute Gasteiger partial charge is 0.420 e. The molecule has 0 atom stereocenters. The summed E-state index contributed by atoms with van der Waals surface area (Å²) in [5.41, 5.74) is 1.57. The van der Waals surface area contributed by atoms with Crippen molar-refractivity contribution in [3.05, 3.63) is 70.8 Å². The standard InChI is InChI=1S/C24H25N5O3S/c30-23-19-9-4-5-10-20(19)25-24(29(23)12-6-11-28-13-15-31-16-14-28)33-17-21-26-27-22(32-21)18-7-2-1-3-8-18/h1-5,7-10H,6,11-17H2. The first-order chi connectivity index (χ1) is 16.3. The molecule has 9 heteroatoms. The zero-order chi connectivity index (χ0) is 22.5. The molecule has 2 aromatic heterocycles. The zero-order valence-electron chi connectivity index (χ0n) is 18.2. The molecule has 33 heavy (non-hydrogen) atoms. The maximum absolute atomic E-state index is 13.3. The molecule has 0 saturated carbocycles. The summed E-state index contributed by atoms with van der Waals surface area (Å²) >= 11 is 1.45. The maximum atomic E-state index is 13.3. The monoisotopic (exact) mass is 463 g/mol. The number of fused-ring (bicyclic) bond motifs is 1. The van der Waals surface area contributed by atoms with Gasteiger partial charge in [0, 0.05) is 31.7 Å². The van der Waals surface area contributed by atoms with Crippen molar-refractivity contribution in [2.75, 3.05) is 32.8 Å². The molecule has 0 radical (unpaired) electrons. The normalized spacial score (nSPS) is 14.7. The van der Waals surface area contributed by atoms with E-state index in [0.717, 1.165) is 44.8 Å². The SMILES string of the molecule is O=c1c2ccccc2nc(SCc2nnc(-c3ccccc3)o2)n1CCCN1CCOCC1. The van der Waals surface area contributed by atoms with Crippen LogP contribution >= 0.6 is 11.8 Å². The topological polar surface area (TPSA) is 86.3 Å². The van der Waals surface area contributed by atoms with Gasteiger partial charge in [-0.3, -0.25) is 14.3 Å². The van der Waals surface area contributed by atoms with Gasteiger partial charge in [0.05, 0.1) is 29.9 Å². The molecule has 0 spiro atoms. The van der Waals surface area contributed by atoms with Gasteiger partial charge in [-0.2, -0.15) is 0 Å². The minimum absolute atomic E-state index is 0.0134. The molecule has 1 aliphatic rings. The summed E-state index contributed by atoms with van der Waals surface area (Å²) in [6.07, 6.45) is 0.867. The summed E-state index contributed by atoms with van der Waals surface area (Å²) in [5, 5.41) is 9.63. The van der Waals surface area contributed by atoms with E-state index in [4.69, 9.17) is 14.1 Å². The summed E-state index contributed by atoms with van der Waals surface area (Å²) in [6.45, 7) is 4.95. The second-order valence-electron chi connectivity index (χ2n) is 7.83. The van der Waals surface area contributed by atoms with E-state index in [9.17, 15) is 4.79 Å². The smallest absolute Gasteiger partial charge is 0.262 e. The number of nitrogens with zero attached hydrogens (tertiary/aromatic N) is 5. The van der Waals surface area contributed by atoms with Crippen LogP contribution < -0.4 is 5.56 Å². The molecule has 5 rings (SSSR count). The van der Waals surface area contributed by atoms with Gasteiger partial charge in [0.1, 0.15) is 0 Å². The number of thioether (sulfide) groups is 1. The van der Waals surface area contributed by atoms with Crippen molar-refractivity contribution in [3.8, 4) is 11.5 Å². The second kappa shape index (κ2) is 10.3. The molecule has 1 fully saturated rings. The fourth-order valence-corrected chi connectivity index (χ4v) is 4.73. The van der Waals surface area contributed by atoms with Crippen LogP contribution in [0.15, 0.2) is 69.0 Å². The van der Waals surface area contributed by atoms with Crippen molar-refractivity contribution in [1.29, 1.82) is 0 Å². The molecule has 2 aromatic carbocycles. The fraction of sp³-hybridized carbons (Fsp3) is 0.333. The Bertz CT molecular complexity index is 1270. The number of ether oxygens (including phenoxy) is 1. The highest BCUT2D eigenvalue weighted by Gasteiger charge is 2.15. The van der Waals surface area contributed by atoms with Crippen LogP contribution in [-0.2, 0) is 17.0 Å². The number of benzene rings is 2. The molecule has 0 N–H and O–H groups in total. The summed E-state index contributed by atoms with van der Waals surface area (Å²) < 4.78 is 13.0. The second-order valence-corrected chi connectivity index (χ2v) is 8.77. The zero-order valence-corrected chi connectivity index (χ0v) is 19.0. The quantitative estimate of drug-likeness (QED) is 0.290. The van der Waals surface area contributed by atoms with Gasteiger partial charge in [-0.1, -0.05) is 42.1 Å². The Morgan fingerprint density at radius 1 is 0.939 bits per heavy atom. The number of hydrogen-bond donors (Lipinski definition) is 0. The lowest BCUT2D eigenvalue weighted by atomic mass is 10.2. The Kier molecular flexibility index (Phi) is 6.80. The minimum Gasteiger partial charge on any atom is -0.420 e. The molecule has 0 unspecified atom stereocenters. The number of morpholine rings is 1. The van der Waals surface area contributed by atoms with E-state index >= 15 is 0 Å². The predicted octanol–water partition coefficient (Wildman–Crippen LogP) is 3.46. The molecular formula is C24H25N5O3S. The van der Waals surface area contributed by atoms with Gasteiger partial charge in [-0.25, -0.2) is 4.98 Å². The van der Waals surface area contributed by atoms with Gasteiger partial charge in [-0.15, -0.1) is 10.2 Å². The summed E-state index contributed by atoms with van der Waals surface area (Å²) in [4.78, 5) is 20.4. The van der Waals surface area contributed by atoms with Gasteiger partial charge in [0.2, 0.25) is 11.8 Å². The van der Waals surface area contributed by atoms with Crippen LogP contribution in [0, 0.1) is 0 Å². The fourth-order valence-electron chi connectivity index (χ4n) is 3.87. The first-order valence-corrected chi connectivity index (χ1v) is 12.1. The number of aromatic nitrogens is 4. The third-order valence-electron chi connectivity index (χ3n) is 5.60. The first kappa shape index (κ1) is 21.8. The Balaban J connectivity index is 1.34. The number of rotatable bonds is 8. The summed E-state index contributed by atoms with van der Waals surface area (Å²) in [5.74, 6) is 1.43. The molecule has 0 amide bonds. The van der Waals surface area contributed by atoms with Crippen molar-refractivity contribution < 1.29 is 9.15 Å². The lowest BCUT2D eigenvalue weighted by molar-refractivity contribution is 0.0368. The highest BCUT2D eigenvalue weighted by molar-refractivity contribution is 7.98. The molecule has 8 nitrogen and oxygen atoms in total. The van der Waals surface area contributed by atoms with Crippen LogP contribution in [0.4, 0.5) is 0 Å². The highest BCUT2D eigenvalue weighted by atomic mass is 32.2. The van der Waals surface area contributed by atoms with Gasteiger partial charge >= 0.3 is 0 Å². The Morgan fingerprint density at radius 3 is 2.58 bits per heavy atom. The predicted molar refractivity (Wildman–Crippen MR) is 127 cm³/mol. The highest BCUT2D eigenvalue weighted by Crippen LogP contribution is 2.24. The van der Waals surface area contributed by atoms with Crippen LogP contribution in [0.5, 0.6) is 0 Å². The third-order valence-corrected chi connectivity index (χ3v) is 6.56. The molecular weight excluding hydrogens is 438 g/mol. The van der Waals surface area contributed by atoms with E-state index in [2.05, 4.69) is 15.1 Å². The van der Waals surface area contributed by atoms with Crippen LogP contribution in [0.1, 0.15) is 12.3 Å². The average Bonchev–Trinajstić information content (AvgIpc) is 3.35. The molecule has 1 aliphatic heterocycles. The van der Waals surface area contributed by atoms with E-state index in [0.29, 0.717) is 40.1 Å². The van der Waals surface area contributed by atoms with Crippen molar-refractivity contribution in [2.24, 2.45) is 0 Å². The van der Waals surface area contributed by atoms with Gasteiger partial charge in [-0.05, 0) is 30.7 Å². The lowest BCUT2D eigenvalue weighted by Crippen LogP contribution is -2.37. The van der Waals surface area contributed by atoms with Crippen LogP contribution in [0.25, 0.3) is 22.4 Å². The molecule has 0 bridgehead atoms. The van der Waals surface area contributed by atoms with Gasteiger partial charge in [0.15, 0.2) is 5.16 Å². The van der Waals surface area contributed by atoms with Crippen LogP contribution in [0.2, 0.25) is 0 Å². The Morgan fingerprint density at radius 2 is 1.73 bits per heavy atom. The average molecular weight is 464 g/mol. The number of para-hydroxylation sites is 1. The Hall–Kier alpha value is -3.01. The molecule has 0 aliphatic carbocycles. The maximum Gasteiger partial charge on any atom is 0.262 e. The van der Waals surface area contributed by atoms with E-state index < -0.39 is 0 Å². The summed E-state index contributed by atoms with van der Waals surface area (Å²) in [7, 11) is 0. The van der Waals surface area contributed by atoms with Crippen molar-refractivity contribution >= 4 is 22.7 Å². The van der Waals surface area contributed by atoms with E-state index in [1.807, 2.05) is 54.6 Å². The van der Waals surface area contributed by atoms with Crippen molar-refractivity contribution in [3.63, 3.8) is 0 Å². The van der Waals surface area contributed by atoms with Crippen LogP contribution in [-0.4, -0.2) is 57.5 Å². The molecule has 4 aromatic rings. The molecule has 3 heterocycles. The van der Waals surface area contributed by atoms with Gasteiger partial charge < -0.3 is 9.15 Å². The van der Waals surface area contributed by atoms with Crippen molar-refractivity contribution in [1.82, 2.24) is 24.6 Å². The summed E-state index contributed by atoms with van der Waals surface area (Å²) in [6, 6.07) is 17.2. The minimum atomic E-state index is -0.0134. The third kappa shape index (κ3) is 5.16. The van der Waals surface area contributed by atoms with Gasteiger partial charge in [0.25, 0.3) is 5.56 Å². The number of hydrogen-bond acceptors (Lipinski definition) is 8. The Labute approximate surface area is 195 Å². The van der Waals surface area contributed by atoms with E-state index in [1.165, 1.54) is 11.8 Å². The van der Waals surface area contributed by atoms with E-state index in [1.54, 1.807) is 4.57 Å². The first-order valence-electron chi connectivity index (χ1n) is 11.1. The molecule has 1 saturated heterocycles.